The summed E-state index contributed by atoms with van der Waals surface area (Å²) in [7, 11) is 0. The topological polar surface area (TPSA) is 84.2 Å². The fourth-order valence-corrected chi connectivity index (χ4v) is 2.69. The first-order chi connectivity index (χ1) is 14.2. The van der Waals surface area contributed by atoms with Gasteiger partial charge < -0.3 is 10.4 Å². The van der Waals surface area contributed by atoms with Crippen molar-refractivity contribution in [3.8, 4) is 16.9 Å². The van der Waals surface area contributed by atoms with E-state index < -0.39 is 35.9 Å². The van der Waals surface area contributed by atoms with Gasteiger partial charge in [-0.3, -0.25) is 9.59 Å². The van der Waals surface area contributed by atoms with Crippen LogP contribution in [0.3, 0.4) is 0 Å². The Morgan fingerprint density at radius 1 is 1.13 bits per heavy atom. The molecule has 0 saturated heterocycles. The molecule has 0 unspecified atom stereocenters. The second kappa shape index (κ2) is 8.68. The Bertz CT molecular complexity index is 1100. The van der Waals surface area contributed by atoms with Gasteiger partial charge in [-0.2, -0.15) is 23.0 Å². The van der Waals surface area contributed by atoms with Crippen molar-refractivity contribution < 1.29 is 23.1 Å². The van der Waals surface area contributed by atoms with Crippen LogP contribution >= 0.6 is 11.6 Å². The third kappa shape index (κ3) is 4.87. The first-order valence-electron chi connectivity index (χ1n) is 8.65. The van der Waals surface area contributed by atoms with Crippen LogP contribution in [0.4, 0.5) is 13.2 Å². The minimum absolute atomic E-state index is 0.233. The Balaban J connectivity index is 2.05. The lowest BCUT2D eigenvalue weighted by atomic mass is 10.1. The third-order valence-corrected chi connectivity index (χ3v) is 4.38. The minimum atomic E-state index is -4.90. The van der Waals surface area contributed by atoms with Gasteiger partial charge in [0.25, 0.3) is 11.5 Å². The molecule has 0 fully saturated rings. The van der Waals surface area contributed by atoms with Crippen LogP contribution in [0.15, 0.2) is 65.5 Å². The van der Waals surface area contributed by atoms with Crippen LogP contribution < -0.4 is 10.9 Å². The second-order valence-corrected chi connectivity index (χ2v) is 6.71. The van der Waals surface area contributed by atoms with Crippen LogP contribution in [0, 0.1) is 0 Å². The standard InChI is InChI=1S/C20H15ClF3N3O3/c21-13-8-6-12(7-9-13)16-10-15(18(29)25-11-17(28)20(22,23)24)19(30)27(26-16)14-4-2-1-3-5-14/h1-10,17,28H,11H2,(H,25,29)/t17-/m1/s1. The number of benzene rings is 2. The molecule has 0 bridgehead atoms. The van der Waals surface area contributed by atoms with E-state index in [2.05, 4.69) is 5.10 Å². The van der Waals surface area contributed by atoms with E-state index in [1.54, 1.807) is 54.6 Å². The van der Waals surface area contributed by atoms with Gasteiger partial charge in [0, 0.05) is 10.6 Å². The number of nitrogens with zero attached hydrogens (tertiary/aromatic N) is 2. The van der Waals surface area contributed by atoms with Crippen LogP contribution in [-0.4, -0.2) is 39.6 Å². The Labute approximate surface area is 173 Å². The molecule has 1 aromatic heterocycles. The molecule has 0 radical (unpaired) electrons. The molecule has 2 N–H and O–H groups in total. The zero-order chi connectivity index (χ0) is 21.9. The molecule has 1 heterocycles. The number of hydrogen-bond acceptors (Lipinski definition) is 4. The summed E-state index contributed by atoms with van der Waals surface area (Å²) in [6.07, 6.45) is -7.65. The number of carbonyl (C=O) groups is 1. The van der Waals surface area contributed by atoms with Crippen molar-refractivity contribution in [1.82, 2.24) is 15.1 Å². The highest BCUT2D eigenvalue weighted by atomic mass is 35.5. The van der Waals surface area contributed by atoms with Crippen molar-refractivity contribution in [2.24, 2.45) is 0 Å². The van der Waals surface area contributed by atoms with Crippen molar-refractivity contribution >= 4 is 17.5 Å². The molecule has 0 saturated carbocycles. The summed E-state index contributed by atoms with van der Waals surface area (Å²) in [6, 6.07) is 15.9. The zero-order valence-electron chi connectivity index (χ0n) is 15.2. The van der Waals surface area contributed by atoms with Gasteiger partial charge in [-0.25, -0.2) is 0 Å². The molecule has 0 spiro atoms. The zero-order valence-corrected chi connectivity index (χ0v) is 16.0. The van der Waals surface area contributed by atoms with Crippen molar-refractivity contribution in [3.63, 3.8) is 0 Å². The van der Waals surface area contributed by atoms with Gasteiger partial charge in [0.1, 0.15) is 5.56 Å². The second-order valence-electron chi connectivity index (χ2n) is 6.27. The molecular formula is C20H15ClF3N3O3. The number of amides is 1. The average molecular weight is 438 g/mol. The van der Waals surface area contributed by atoms with Gasteiger partial charge in [-0.05, 0) is 30.3 Å². The highest BCUT2D eigenvalue weighted by Crippen LogP contribution is 2.21. The van der Waals surface area contributed by atoms with Crippen molar-refractivity contribution in [3.05, 3.63) is 81.6 Å². The first kappa shape index (κ1) is 21.5. The molecule has 3 aromatic rings. The van der Waals surface area contributed by atoms with Gasteiger partial charge in [0.15, 0.2) is 6.10 Å². The SMILES string of the molecule is O=C(NC[C@@H](O)C(F)(F)F)c1cc(-c2ccc(Cl)cc2)nn(-c2ccccc2)c1=O. The number of para-hydroxylation sites is 1. The number of aliphatic hydroxyl groups is 1. The molecule has 0 aliphatic carbocycles. The Hall–Kier alpha value is -3.17. The van der Waals surface area contributed by atoms with Crippen molar-refractivity contribution in [2.75, 3.05) is 6.54 Å². The van der Waals surface area contributed by atoms with Gasteiger partial charge in [0.05, 0.1) is 17.9 Å². The molecule has 6 nitrogen and oxygen atoms in total. The maximum Gasteiger partial charge on any atom is 0.416 e. The predicted octanol–water partition coefficient (Wildman–Crippen LogP) is 3.21. The lowest BCUT2D eigenvalue weighted by Crippen LogP contribution is -2.42. The number of hydrogen-bond donors (Lipinski definition) is 2. The Morgan fingerprint density at radius 3 is 2.37 bits per heavy atom. The van der Waals surface area contributed by atoms with E-state index in [-0.39, 0.29) is 5.69 Å². The summed E-state index contributed by atoms with van der Waals surface area (Å²) in [6.45, 7) is -1.09. The molecule has 30 heavy (non-hydrogen) atoms. The van der Waals surface area contributed by atoms with Crippen LogP contribution in [0.5, 0.6) is 0 Å². The summed E-state index contributed by atoms with van der Waals surface area (Å²) in [5, 5.41) is 15.8. The molecule has 10 heteroatoms. The van der Waals surface area contributed by atoms with Crippen LogP contribution in [0.1, 0.15) is 10.4 Å². The number of halogens is 4. The monoisotopic (exact) mass is 437 g/mol. The number of rotatable bonds is 5. The van der Waals surface area contributed by atoms with E-state index in [0.29, 0.717) is 16.3 Å². The summed E-state index contributed by atoms with van der Waals surface area (Å²) in [5.41, 5.74) is -0.112. The largest absolute Gasteiger partial charge is 0.416 e. The normalized spacial score (nSPS) is 12.4. The van der Waals surface area contributed by atoms with Gasteiger partial charge in [-0.1, -0.05) is 41.9 Å². The molecule has 2 aromatic carbocycles. The van der Waals surface area contributed by atoms with Crippen LogP contribution in [-0.2, 0) is 0 Å². The van der Waals surface area contributed by atoms with E-state index in [9.17, 15) is 22.8 Å². The molecule has 1 atom stereocenters. The third-order valence-electron chi connectivity index (χ3n) is 4.13. The molecule has 1 amide bonds. The fraction of sp³-hybridized carbons (Fsp3) is 0.150. The van der Waals surface area contributed by atoms with Gasteiger partial charge in [-0.15, -0.1) is 0 Å². The molecule has 0 aliphatic heterocycles. The van der Waals surface area contributed by atoms with E-state index in [0.717, 1.165) is 4.68 Å². The van der Waals surface area contributed by atoms with Crippen LogP contribution in [0.2, 0.25) is 5.02 Å². The number of aliphatic hydroxyl groups excluding tert-OH is 1. The van der Waals surface area contributed by atoms with Gasteiger partial charge >= 0.3 is 6.18 Å². The van der Waals surface area contributed by atoms with Crippen molar-refractivity contribution in [1.29, 1.82) is 0 Å². The lowest BCUT2D eigenvalue weighted by molar-refractivity contribution is -0.201. The quantitative estimate of drug-likeness (QED) is 0.642. The van der Waals surface area contributed by atoms with E-state index in [4.69, 9.17) is 16.7 Å². The lowest BCUT2D eigenvalue weighted by Gasteiger charge is -2.15. The maximum absolute atomic E-state index is 12.8. The highest BCUT2D eigenvalue weighted by Gasteiger charge is 2.38. The van der Waals surface area contributed by atoms with E-state index in [1.165, 1.54) is 6.07 Å². The Kier molecular flexibility index (Phi) is 6.23. The molecule has 3 rings (SSSR count). The van der Waals surface area contributed by atoms with Gasteiger partial charge in [0.2, 0.25) is 0 Å². The smallest absolute Gasteiger partial charge is 0.382 e. The van der Waals surface area contributed by atoms with Crippen molar-refractivity contribution in [2.45, 2.75) is 12.3 Å². The summed E-state index contributed by atoms with van der Waals surface area (Å²) >= 11 is 5.89. The molecule has 0 aliphatic rings. The molecule has 156 valence electrons. The molecular weight excluding hydrogens is 423 g/mol. The first-order valence-corrected chi connectivity index (χ1v) is 9.03. The average Bonchev–Trinajstić information content (AvgIpc) is 2.72. The van der Waals surface area contributed by atoms with E-state index >= 15 is 0 Å². The number of carbonyl (C=O) groups excluding carboxylic acids is 1. The Morgan fingerprint density at radius 2 is 1.77 bits per heavy atom. The predicted molar refractivity (Wildman–Crippen MR) is 105 cm³/mol. The fourth-order valence-electron chi connectivity index (χ4n) is 2.56. The number of aromatic nitrogens is 2. The number of nitrogens with one attached hydrogen (secondary N) is 1. The summed E-state index contributed by atoms with van der Waals surface area (Å²) in [5.74, 6) is -1.06. The maximum atomic E-state index is 12.8. The summed E-state index contributed by atoms with van der Waals surface area (Å²) in [4.78, 5) is 25.3. The highest BCUT2D eigenvalue weighted by molar-refractivity contribution is 6.30. The number of alkyl halides is 3. The van der Waals surface area contributed by atoms with E-state index in [1.807, 2.05) is 5.32 Å². The minimum Gasteiger partial charge on any atom is -0.382 e. The summed E-state index contributed by atoms with van der Waals surface area (Å²) < 4.78 is 38.5. The van der Waals surface area contributed by atoms with Crippen LogP contribution in [0.25, 0.3) is 16.9 Å².